The monoisotopic (exact) mass is 464 g/mol. The first kappa shape index (κ1) is 18.0. The number of furan rings is 1. The Morgan fingerprint density at radius 3 is 2.34 bits per heavy atom. The van der Waals surface area contributed by atoms with Gasteiger partial charge in [0, 0.05) is 37.0 Å². The maximum atomic E-state index is 6.27. The van der Waals surface area contributed by atoms with Crippen LogP contribution in [0.5, 0.6) is 0 Å². The molecule has 0 aliphatic heterocycles. The number of benzene rings is 5. The van der Waals surface area contributed by atoms with Crippen LogP contribution in [0.3, 0.4) is 0 Å². The number of pyridine rings is 1. The Morgan fingerprint density at radius 2 is 1.37 bits per heavy atom. The first-order valence-corrected chi connectivity index (χ1v) is 12.6. The summed E-state index contributed by atoms with van der Waals surface area (Å²) in [6.45, 7) is 0. The number of rotatable bonds is 0. The van der Waals surface area contributed by atoms with Gasteiger partial charge in [0.2, 0.25) is 0 Å². The lowest BCUT2D eigenvalue weighted by atomic mass is 10.00. The van der Waals surface area contributed by atoms with Crippen molar-refractivity contribution >= 4 is 91.8 Å². The number of fused-ring (bicyclic) bond motifs is 16. The Kier molecular flexibility index (Phi) is 3.17. The van der Waals surface area contributed by atoms with E-state index in [4.69, 9.17) is 9.40 Å². The smallest absolute Gasteiger partial charge is 0.147 e. The van der Waals surface area contributed by atoms with Gasteiger partial charge in [0.1, 0.15) is 16.8 Å². The molecule has 4 heteroatoms. The summed E-state index contributed by atoms with van der Waals surface area (Å²) in [6.07, 6.45) is 0. The number of hydrogen-bond donors (Lipinski definition) is 0. The van der Waals surface area contributed by atoms with Gasteiger partial charge >= 0.3 is 0 Å². The molecule has 0 fully saturated rings. The summed E-state index contributed by atoms with van der Waals surface area (Å²) < 4.78 is 11.3. The molecule has 0 bridgehead atoms. The van der Waals surface area contributed by atoms with Crippen LogP contribution in [-0.2, 0) is 0 Å². The fourth-order valence-electron chi connectivity index (χ4n) is 5.91. The Hall–Kier alpha value is -4.41. The zero-order chi connectivity index (χ0) is 22.7. The number of hydrogen-bond acceptors (Lipinski definition) is 3. The van der Waals surface area contributed by atoms with E-state index in [0.717, 1.165) is 44.0 Å². The highest BCUT2D eigenvalue weighted by Gasteiger charge is 2.21. The minimum atomic E-state index is 0.898. The molecule has 3 nitrogen and oxygen atoms in total. The third kappa shape index (κ3) is 2.14. The first-order valence-electron chi connectivity index (χ1n) is 11.7. The van der Waals surface area contributed by atoms with Gasteiger partial charge in [0.05, 0.1) is 21.3 Å². The predicted molar refractivity (Wildman–Crippen MR) is 148 cm³/mol. The Morgan fingerprint density at radius 1 is 0.600 bits per heavy atom. The molecule has 4 heterocycles. The SMILES string of the molecule is c1ccc2c(c1)nc1c3c(ccc4oc5ccccc5c43)c3ccc4c5ccccc5sc4c3n21. The molecule has 0 saturated heterocycles. The summed E-state index contributed by atoms with van der Waals surface area (Å²) in [6, 6.07) is 34.4. The second-order valence-corrected chi connectivity index (χ2v) is 10.2. The summed E-state index contributed by atoms with van der Waals surface area (Å²) in [4.78, 5) is 5.22. The second kappa shape index (κ2) is 6.17. The van der Waals surface area contributed by atoms with Crippen molar-refractivity contribution in [3.63, 3.8) is 0 Å². The molecule has 35 heavy (non-hydrogen) atoms. The van der Waals surface area contributed by atoms with Crippen LogP contribution in [0.4, 0.5) is 0 Å². The van der Waals surface area contributed by atoms with Gasteiger partial charge in [-0.15, -0.1) is 11.3 Å². The van der Waals surface area contributed by atoms with Gasteiger partial charge in [-0.2, -0.15) is 0 Å². The molecule has 0 N–H and O–H groups in total. The predicted octanol–water partition coefficient (Wildman–Crippen LogP) is 9.06. The molecule has 9 rings (SSSR count). The first-order chi connectivity index (χ1) is 17.4. The van der Waals surface area contributed by atoms with Crippen molar-refractivity contribution in [1.29, 1.82) is 0 Å². The minimum Gasteiger partial charge on any atom is -0.456 e. The molecule has 4 aromatic heterocycles. The molecule has 0 aliphatic carbocycles. The highest BCUT2D eigenvalue weighted by molar-refractivity contribution is 7.26. The number of aromatic nitrogens is 2. The van der Waals surface area contributed by atoms with Crippen LogP contribution in [0.1, 0.15) is 0 Å². The largest absolute Gasteiger partial charge is 0.456 e. The van der Waals surface area contributed by atoms with Crippen molar-refractivity contribution in [2.24, 2.45) is 0 Å². The van der Waals surface area contributed by atoms with Crippen LogP contribution in [-0.4, -0.2) is 9.38 Å². The van der Waals surface area contributed by atoms with Crippen molar-refractivity contribution in [2.75, 3.05) is 0 Å². The Balaban J connectivity index is 1.67. The molecule has 9 aromatic rings. The summed E-state index contributed by atoms with van der Waals surface area (Å²) >= 11 is 1.87. The van der Waals surface area contributed by atoms with Crippen LogP contribution >= 0.6 is 11.3 Å². The van der Waals surface area contributed by atoms with E-state index in [-0.39, 0.29) is 0 Å². The lowest BCUT2D eigenvalue weighted by Crippen LogP contribution is -1.92. The van der Waals surface area contributed by atoms with Gasteiger partial charge in [-0.3, -0.25) is 4.40 Å². The van der Waals surface area contributed by atoms with Crippen LogP contribution in [0.25, 0.3) is 80.5 Å². The molecule has 0 radical (unpaired) electrons. The highest BCUT2D eigenvalue weighted by atomic mass is 32.1. The van der Waals surface area contributed by atoms with E-state index in [9.17, 15) is 0 Å². The summed E-state index contributed by atoms with van der Waals surface area (Å²) in [7, 11) is 0. The van der Waals surface area contributed by atoms with Gasteiger partial charge in [-0.05, 0) is 41.8 Å². The number of imidazole rings is 1. The average molecular weight is 465 g/mol. The molecule has 0 spiro atoms. The molecule has 162 valence electrons. The lowest BCUT2D eigenvalue weighted by Gasteiger charge is -2.11. The summed E-state index contributed by atoms with van der Waals surface area (Å²) in [5, 5.41) is 8.47. The maximum Gasteiger partial charge on any atom is 0.147 e. The van der Waals surface area contributed by atoms with Crippen molar-refractivity contribution in [1.82, 2.24) is 9.38 Å². The van der Waals surface area contributed by atoms with Crippen molar-refractivity contribution < 1.29 is 4.42 Å². The highest BCUT2D eigenvalue weighted by Crippen LogP contribution is 2.45. The fourth-order valence-corrected chi connectivity index (χ4v) is 7.15. The topological polar surface area (TPSA) is 30.4 Å². The van der Waals surface area contributed by atoms with Crippen molar-refractivity contribution in [3.05, 3.63) is 97.1 Å². The van der Waals surface area contributed by atoms with E-state index >= 15 is 0 Å². The van der Waals surface area contributed by atoms with Gasteiger partial charge in [0.25, 0.3) is 0 Å². The molecule has 0 atom stereocenters. The van der Waals surface area contributed by atoms with Gasteiger partial charge < -0.3 is 4.42 Å². The van der Waals surface area contributed by atoms with E-state index in [1.54, 1.807) is 0 Å². The zero-order valence-electron chi connectivity index (χ0n) is 18.4. The molecule has 0 amide bonds. The van der Waals surface area contributed by atoms with E-state index in [1.165, 1.54) is 36.5 Å². The molecular weight excluding hydrogens is 448 g/mol. The summed E-state index contributed by atoms with van der Waals surface area (Å²) in [5.41, 5.74) is 6.15. The van der Waals surface area contributed by atoms with Gasteiger partial charge in [0.15, 0.2) is 0 Å². The molecule has 0 saturated carbocycles. The third-order valence-corrected chi connectivity index (χ3v) is 8.56. The van der Waals surface area contributed by atoms with Crippen LogP contribution in [0.2, 0.25) is 0 Å². The Bertz CT molecular complexity index is 2330. The second-order valence-electron chi connectivity index (χ2n) is 9.16. The minimum absolute atomic E-state index is 0.898. The van der Waals surface area contributed by atoms with E-state index < -0.39 is 0 Å². The molecule has 0 unspecified atom stereocenters. The van der Waals surface area contributed by atoms with Gasteiger partial charge in [-0.25, -0.2) is 4.98 Å². The quantitative estimate of drug-likeness (QED) is 0.210. The normalized spacial score (nSPS) is 12.6. The van der Waals surface area contributed by atoms with E-state index in [2.05, 4.69) is 89.3 Å². The number of para-hydroxylation sites is 3. The zero-order valence-corrected chi connectivity index (χ0v) is 19.3. The average Bonchev–Trinajstić information content (AvgIpc) is 3.59. The lowest BCUT2D eigenvalue weighted by molar-refractivity contribution is 0.669. The van der Waals surface area contributed by atoms with Gasteiger partial charge in [-0.1, -0.05) is 60.7 Å². The molecule has 5 aromatic carbocycles. The van der Waals surface area contributed by atoms with Crippen molar-refractivity contribution in [3.8, 4) is 0 Å². The fraction of sp³-hybridized carbons (Fsp3) is 0. The number of thiophene rings is 1. The third-order valence-electron chi connectivity index (χ3n) is 7.36. The van der Waals surface area contributed by atoms with Crippen molar-refractivity contribution in [2.45, 2.75) is 0 Å². The number of nitrogens with zero attached hydrogens (tertiary/aromatic N) is 2. The van der Waals surface area contributed by atoms with Crippen LogP contribution in [0.15, 0.2) is 101 Å². The van der Waals surface area contributed by atoms with E-state index in [0.29, 0.717) is 0 Å². The van der Waals surface area contributed by atoms with Crippen LogP contribution < -0.4 is 0 Å². The standard InChI is InChI=1S/C31H16N2OS/c1-5-11-24-21(8-1)27-25(34-24)16-15-18-19-13-14-20-17-7-2-6-12-26(17)35-30(20)29(19)33-23-10-4-3-9-22(23)32-31(33)28(18)27/h1-16H. The maximum absolute atomic E-state index is 6.27. The van der Waals surface area contributed by atoms with Crippen LogP contribution in [0, 0.1) is 0 Å². The Labute approximate surface area is 202 Å². The van der Waals surface area contributed by atoms with E-state index in [1.807, 2.05) is 23.5 Å². The molecular formula is C31H16N2OS. The molecule has 0 aliphatic rings. The summed E-state index contributed by atoms with van der Waals surface area (Å²) in [5.74, 6) is 0.